The molecule has 78 valence electrons. The summed E-state index contributed by atoms with van der Waals surface area (Å²) in [5.41, 5.74) is 1.80. The van der Waals surface area contributed by atoms with Gasteiger partial charge >= 0.3 is 0 Å². The molecule has 0 aliphatic carbocycles. The van der Waals surface area contributed by atoms with Crippen LogP contribution >= 0.6 is 27.3 Å². The molecule has 1 aromatic heterocycles. The van der Waals surface area contributed by atoms with Crippen LogP contribution in [0.2, 0.25) is 0 Å². The van der Waals surface area contributed by atoms with Crippen molar-refractivity contribution in [2.45, 2.75) is 33.2 Å². The van der Waals surface area contributed by atoms with E-state index in [-0.39, 0.29) is 0 Å². The van der Waals surface area contributed by atoms with Crippen LogP contribution in [0.3, 0.4) is 0 Å². The van der Waals surface area contributed by atoms with Gasteiger partial charge in [0.2, 0.25) is 0 Å². The summed E-state index contributed by atoms with van der Waals surface area (Å²) in [6.45, 7) is 8.00. The molecular formula is C11H16BrNS. The van der Waals surface area contributed by atoms with E-state index in [0.717, 1.165) is 6.54 Å². The highest BCUT2D eigenvalue weighted by Crippen LogP contribution is 2.41. The molecule has 2 heterocycles. The van der Waals surface area contributed by atoms with Gasteiger partial charge in [-0.2, -0.15) is 0 Å². The van der Waals surface area contributed by atoms with Crippen LogP contribution in [0.25, 0.3) is 0 Å². The van der Waals surface area contributed by atoms with Gasteiger partial charge in [0, 0.05) is 17.5 Å². The first-order valence-corrected chi connectivity index (χ1v) is 6.61. The van der Waals surface area contributed by atoms with Crippen LogP contribution in [0.1, 0.15) is 37.3 Å². The molecule has 0 amide bonds. The van der Waals surface area contributed by atoms with Crippen molar-refractivity contribution < 1.29 is 0 Å². The van der Waals surface area contributed by atoms with Crippen LogP contribution in [0.5, 0.6) is 0 Å². The number of thiophene rings is 1. The molecule has 0 radical (unpaired) electrons. The zero-order valence-electron chi connectivity index (χ0n) is 8.86. The lowest BCUT2D eigenvalue weighted by Crippen LogP contribution is -2.37. The lowest BCUT2D eigenvalue weighted by atomic mass is 9.81. The molecule has 0 spiro atoms. The van der Waals surface area contributed by atoms with E-state index in [2.05, 4.69) is 48.1 Å². The summed E-state index contributed by atoms with van der Waals surface area (Å²) in [7, 11) is 0. The third kappa shape index (κ3) is 1.90. The Morgan fingerprint density at radius 1 is 1.50 bits per heavy atom. The molecule has 0 saturated carbocycles. The first-order valence-electron chi connectivity index (χ1n) is 5.00. The topological polar surface area (TPSA) is 12.0 Å². The van der Waals surface area contributed by atoms with Crippen LogP contribution in [0, 0.1) is 5.41 Å². The summed E-state index contributed by atoms with van der Waals surface area (Å²) in [6.07, 6.45) is 1.18. The second-order valence-corrected chi connectivity index (χ2v) is 7.45. The van der Waals surface area contributed by atoms with Gasteiger partial charge in [-0.15, -0.1) is 11.3 Å². The van der Waals surface area contributed by atoms with Gasteiger partial charge in [0.05, 0.1) is 3.79 Å². The fourth-order valence-corrected chi connectivity index (χ4v) is 3.81. The second-order valence-electron chi connectivity index (χ2n) is 4.93. The van der Waals surface area contributed by atoms with Crippen LogP contribution in [0.15, 0.2) is 9.85 Å². The Morgan fingerprint density at radius 2 is 2.21 bits per heavy atom. The third-order valence-electron chi connectivity index (χ3n) is 2.69. The minimum absolute atomic E-state index is 0.301. The number of halogens is 1. The maximum absolute atomic E-state index is 3.61. The molecule has 14 heavy (non-hydrogen) atoms. The predicted molar refractivity (Wildman–Crippen MR) is 65.9 cm³/mol. The van der Waals surface area contributed by atoms with Crippen molar-refractivity contribution in [2.75, 3.05) is 6.54 Å². The lowest BCUT2D eigenvalue weighted by molar-refractivity contribution is 0.265. The zero-order valence-corrected chi connectivity index (χ0v) is 11.3. The van der Waals surface area contributed by atoms with E-state index in [4.69, 9.17) is 0 Å². The highest BCUT2D eigenvalue weighted by molar-refractivity contribution is 9.11. The summed E-state index contributed by atoms with van der Waals surface area (Å²) in [6, 6.07) is 2.79. The number of nitrogens with one attached hydrogen (secondary N) is 1. The van der Waals surface area contributed by atoms with Crippen LogP contribution in [-0.4, -0.2) is 6.54 Å². The Bertz CT molecular complexity index is 338. The smallest absolute Gasteiger partial charge is 0.0704 e. The molecule has 1 nitrogen and oxygen atoms in total. The first kappa shape index (κ1) is 10.7. The zero-order chi connectivity index (χ0) is 10.3. The SMILES string of the molecule is CC(C)(C)C1NCCc2sc(Br)cc21. The molecule has 1 atom stereocenters. The molecule has 1 N–H and O–H groups in total. The van der Waals surface area contributed by atoms with E-state index in [1.54, 1.807) is 4.88 Å². The number of fused-ring (bicyclic) bond motifs is 1. The van der Waals surface area contributed by atoms with Gasteiger partial charge in [0.25, 0.3) is 0 Å². The summed E-state index contributed by atoms with van der Waals surface area (Å²) in [5.74, 6) is 0. The standard InChI is InChI=1S/C11H16BrNS/c1-11(2,3)10-7-6-9(12)14-8(7)4-5-13-10/h6,10,13H,4-5H2,1-3H3. The van der Waals surface area contributed by atoms with Gasteiger partial charge in [-0.1, -0.05) is 20.8 Å². The molecule has 1 aliphatic heterocycles. The quantitative estimate of drug-likeness (QED) is 0.760. The van der Waals surface area contributed by atoms with Gasteiger partial charge in [-0.05, 0) is 39.4 Å². The molecular weight excluding hydrogens is 258 g/mol. The van der Waals surface area contributed by atoms with E-state index in [0.29, 0.717) is 11.5 Å². The summed E-state index contributed by atoms with van der Waals surface area (Å²) in [5, 5.41) is 3.61. The van der Waals surface area contributed by atoms with E-state index >= 15 is 0 Å². The molecule has 1 aliphatic rings. The largest absolute Gasteiger partial charge is 0.309 e. The highest BCUT2D eigenvalue weighted by atomic mass is 79.9. The van der Waals surface area contributed by atoms with Crippen LogP contribution in [-0.2, 0) is 6.42 Å². The van der Waals surface area contributed by atoms with Crippen molar-refractivity contribution in [3.63, 3.8) is 0 Å². The van der Waals surface area contributed by atoms with E-state index < -0.39 is 0 Å². The fourth-order valence-electron chi connectivity index (χ4n) is 2.06. The molecule has 0 fully saturated rings. The molecule has 1 unspecified atom stereocenters. The minimum atomic E-state index is 0.301. The van der Waals surface area contributed by atoms with Gasteiger partial charge in [-0.25, -0.2) is 0 Å². The predicted octanol–water partition coefficient (Wildman–Crippen LogP) is 3.74. The number of rotatable bonds is 0. The average molecular weight is 274 g/mol. The normalized spacial score (nSPS) is 22.1. The molecule has 0 aromatic carbocycles. The van der Waals surface area contributed by atoms with E-state index in [1.165, 1.54) is 15.8 Å². The monoisotopic (exact) mass is 273 g/mol. The molecule has 0 bridgehead atoms. The Labute approximate surface area is 98.0 Å². The average Bonchev–Trinajstić information content (AvgIpc) is 2.41. The molecule has 1 aromatic rings. The van der Waals surface area contributed by atoms with Crippen molar-refractivity contribution in [3.05, 3.63) is 20.3 Å². The van der Waals surface area contributed by atoms with Gasteiger partial charge in [0.1, 0.15) is 0 Å². The van der Waals surface area contributed by atoms with E-state index in [9.17, 15) is 0 Å². The maximum atomic E-state index is 3.61. The maximum Gasteiger partial charge on any atom is 0.0704 e. The van der Waals surface area contributed by atoms with Gasteiger partial charge in [-0.3, -0.25) is 0 Å². The summed E-state index contributed by atoms with van der Waals surface area (Å²) >= 11 is 5.46. The van der Waals surface area contributed by atoms with Crippen molar-refractivity contribution in [1.29, 1.82) is 0 Å². The highest BCUT2D eigenvalue weighted by Gasteiger charge is 2.31. The van der Waals surface area contributed by atoms with Gasteiger partial charge < -0.3 is 5.32 Å². The molecule has 3 heteroatoms. The van der Waals surface area contributed by atoms with Crippen molar-refractivity contribution in [3.8, 4) is 0 Å². The second kappa shape index (κ2) is 3.62. The minimum Gasteiger partial charge on any atom is -0.309 e. The third-order valence-corrected chi connectivity index (χ3v) is 4.40. The lowest BCUT2D eigenvalue weighted by Gasteiger charge is -2.35. The van der Waals surface area contributed by atoms with E-state index in [1.807, 2.05) is 11.3 Å². The van der Waals surface area contributed by atoms with Crippen LogP contribution in [0.4, 0.5) is 0 Å². The first-order chi connectivity index (χ1) is 6.48. The molecule has 0 saturated heterocycles. The van der Waals surface area contributed by atoms with Crippen molar-refractivity contribution in [2.24, 2.45) is 5.41 Å². The fraction of sp³-hybridized carbons (Fsp3) is 0.636. The van der Waals surface area contributed by atoms with Crippen molar-refractivity contribution in [1.82, 2.24) is 5.32 Å². The Kier molecular flexibility index (Phi) is 2.75. The number of hydrogen-bond donors (Lipinski definition) is 1. The summed E-state index contributed by atoms with van der Waals surface area (Å²) in [4.78, 5) is 1.55. The molecule has 2 rings (SSSR count). The Hall–Kier alpha value is 0.140. The van der Waals surface area contributed by atoms with Crippen molar-refractivity contribution >= 4 is 27.3 Å². The van der Waals surface area contributed by atoms with Crippen LogP contribution < -0.4 is 5.32 Å². The Balaban J connectivity index is 2.40. The Morgan fingerprint density at radius 3 is 2.86 bits per heavy atom. The summed E-state index contributed by atoms with van der Waals surface area (Å²) < 4.78 is 1.26. The van der Waals surface area contributed by atoms with Gasteiger partial charge in [0.15, 0.2) is 0 Å². The number of hydrogen-bond acceptors (Lipinski definition) is 2.